The number of H-pyrrole nitrogens is 1. The summed E-state index contributed by atoms with van der Waals surface area (Å²) in [4.78, 5) is 26.5. The Morgan fingerprint density at radius 2 is 2.11 bits per heavy atom. The molecule has 0 aliphatic rings. The molecule has 2 rings (SSSR count). The lowest BCUT2D eigenvalue weighted by atomic mass is 10.1. The molecule has 98 valence electrons. The van der Waals surface area contributed by atoms with Crippen molar-refractivity contribution in [2.75, 3.05) is 5.32 Å². The summed E-state index contributed by atoms with van der Waals surface area (Å²) in [7, 11) is 0. The van der Waals surface area contributed by atoms with E-state index in [1.807, 2.05) is 32.0 Å². The molecule has 0 aliphatic carbocycles. The maximum Gasteiger partial charge on any atom is 0.261 e. The molecule has 0 fully saturated rings. The zero-order chi connectivity index (χ0) is 13.8. The highest BCUT2D eigenvalue weighted by Crippen LogP contribution is 2.21. The number of rotatable bonds is 3. The van der Waals surface area contributed by atoms with Gasteiger partial charge in [0.1, 0.15) is 5.56 Å². The number of hydrogen-bond acceptors (Lipinski definition) is 2. The Morgan fingerprint density at radius 1 is 1.32 bits per heavy atom. The van der Waals surface area contributed by atoms with Gasteiger partial charge in [-0.2, -0.15) is 0 Å². The van der Waals surface area contributed by atoms with E-state index in [1.54, 1.807) is 0 Å². The molecule has 1 aromatic carbocycles. The van der Waals surface area contributed by atoms with Gasteiger partial charge in [0.2, 0.25) is 0 Å². The molecule has 0 spiro atoms. The van der Waals surface area contributed by atoms with E-state index < -0.39 is 0 Å². The van der Waals surface area contributed by atoms with E-state index in [1.165, 1.54) is 18.5 Å². The fourth-order valence-electron chi connectivity index (χ4n) is 1.98. The van der Waals surface area contributed by atoms with Crippen molar-refractivity contribution >= 4 is 11.6 Å². The van der Waals surface area contributed by atoms with Crippen LogP contribution >= 0.6 is 0 Å². The Labute approximate surface area is 111 Å². The average molecular weight is 256 g/mol. The van der Waals surface area contributed by atoms with E-state index in [0.29, 0.717) is 0 Å². The average Bonchev–Trinajstić information content (AvgIpc) is 2.41. The lowest BCUT2D eigenvalue weighted by Crippen LogP contribution is -2.21. The molecule has 1 heterocycles. The zero-order valence-electron chi connectivity index (χ0n) is 11.0. The molecular formula is C15H16N2O2. The van der Waals surface area contributed by atoms with Gasteiger partial charge in [-0.25, -0.2) is 0 Å². The molecule has 0 saturated heterocycles. The quantitative estimate of drug-likeness (QED) is 0.886. The van der Waals surface area contributed by atoms with Gasteiger partial charge in [-0.15, -0.1) is 0 Å². The van der Waals surface area contributed by atoms with Crippen LogP contribution < -0.4 is 10.7 Å². The maximum absolute atomic E-state index is 12.1. The van der Waals surface area contributed by atoms with Gasteiger partial charge in [0.05, 0.1) is 0 Å². The lowest BCUT2D eigenvalue weighted by Gasteiger charge is -2.12. The molecule has 0 atom stereocenters. The number of amides is 1. The number of para-hydroxylation sites is 1. The van der Waals surface area contributed by atoms with Crippen LogP contribution in [0.25, 0.3) is 0 Å². The minimum atomic E-state index is -0.383. The van der Waals surface area contributed by atoms with Crippen LogP contribution in [0.3, 0.4) is 0 Å². The Hall–Kier alpha value is -2.36. The first-order valence-corrected chi connectivity index (χ1v) is 6.20. The fraction of sp³-hybridized carbons (Fsp3) is 0.200. The monoisotopic (exact) mass is 256 g/mol. The van der Waals surface area contributed by atoms with Crippen molar-refractivity contribution in [3.63, 3.8) is 0 Å². The van der Waals surface area contributed by atoms with Crippen molar-refractivity contribution in [3.05, 3.63) is 63.6 Å². The summed E-state index contributed by atoms with van der Waals surface area (Å²) in [5, 5.41) is 2.83. The van der Waals surface area contributed by atoms with Crippen LogP contribution in [0.4, 0.5) is 5.69 Å². The van der Waals surface area contributed by atoms with Gasteiger partial charge in [-0.1, -0.05) is 25.1 Å². The van der Waals surface area contributed by atoms with E-state index in [0.717, 1.165) is 23.2 Å². The van der Waals surface area contributed by atoms with E-state index >= 15 is 0 Å². The molecule has 0 aliphatic heterocycles. The van der Waals surface area contributed by atoms with Crippen molar-refractivity contribution in [2.45, 2.75) is 20.3 Å². The van der Waals surface area contributed by atoms with Gasteiger partial charge in [0.15, 0.2) is 5.43 Å². The van der Waals surface area contributed by atoms with Crippen molar-refractivity contribution < 1.29 is 4.79 Å². The molecule has 0 unspecified atom stereocenters. The normalized spacial score (nSPS) is 10.2. The summed E-state index contributed by atoms with van der Waals surface area (Å²) in [6.45, 7) is 3.96. The number of anilines is 1. The number of aryl methyl sites for hydroxylation is 2. The Balaban J connectivity index is 2.35. The third-order valence-electron chi connectivity index (χ3n) is 3.05. The first kappa shape index (κ1) is 13.1. The van der Waals surface area contributed by atoms with Gasteiger partial charge in [0, 0.05) is 24.1 Å². The number of aromatic amines is 1. The molecule has 2 N–H and O–H groups in total. The van der Waals surface area contributed by atoms with Crippen LogP contribution in [0.5, 0.6) is 0 Å². The van der Waals surface area contributed by atoms with Gasteiger partial charge in [0.25, 0.3) is 5.91 Å². The smallest absolute Gasteiger partial charge is 0.261 e. The molecule has 4 nitrogen and oxygen atoms in total. The topological polar surface area (TPSA) is 62.0 Å². The van der Waals surface area contributed by atoms with Crippen LogP contribution in [0.15, 0.2) is 41.5 Å². The van der Waals surface area contributed by atoms with Crippen LogP contribution in [-0.4, -0.2) is 10.9 Å². The van der Waals surface area contributed by atoms with E-state index in [9.17, 15) is 9.59 Å². The van der Waals surface area contributed by atoms with Crippen molar-refractivity contribution in [3.8, 4) is 0 Å². The third kappa shape index (κ3) is 2.73. The van der Waals surface area contributed by atoms with Crippen molar-refractivity contribution in [1.29, 1.82) is 0 Å². The first-order valence-electron chi connectivity index (χ1n) is 6.20. The van der Waals surface area contributed by atoms with Crippen molar-refractivity contribution in [2.24, 2.45) is 0 Å². The summed E-state index contributed by atoms with van der Waals surface area (Å²) in [6, 6.07) is 7.20. The minimum absolute atomic E-state index is 0.118. The number of carbonyl (C=O) groups is 1. The molecule has 1 aromatic heterocycles. The summed E-state index contributed by atoms with van der Waals surface area (Å²) < 4.78 is 0. The highest BCUT2D eigenvalue weighted by atomic mass is 16.2. The van der Waals surface area contributed by atoms with Crippen LogP contribution in [-0.2, 0) is 6.42 Å². The number of hydrogen-bond donors (Lipinski definition) is 2. The molecule has 0 radical (unpaired) electrons. The fourth-order valence-corrected chi connectivity index (χ4v) is 1.98. The van der Waals surface area contributed by atoms with E-state index in [4.69, 9.17) is 0 Å². The number of nitrogens with one attached hydrogen (secondary N) is 2. The van der Waals surface area contributed by atoms with Crippen LogP contribution in [0.1, 0.15) is 28.4 Å². The molecule has 0 saturated carbocycles. The second kappa shape index (κ2) is 5.52. The summed E-state index contributed by atoms with van der Waals surface area (Å²) in [5.41, 5.74) is 2.66. The molecule has 2 aromatic rings. The van der Waals surface area contributed by atoms with Crippen molar-refractivity contribution in [1.82, 2.24) is 4.98 Å². The number of carbonyl (C=O) groups excluding carboxylic acids is 1. The SMILES string of the molecule is CCc1cccc(C)c1NC(=O)c1c[nH]ccc1=O. The van der Waals surface area contributed by atoms with E-state index in [2.05, 4.69) is 10.3 Å². The maximum atomic E-state index is 12.1. The predicted molar refractivity (Wildman–Crippen MR) is 75.6 cm³/mol. The summed E-state index contributed by atoms with van der Waals surface area (Å²) >= 11 is 0. The Kier molecular flexibility index (Phi) is 3.80. The highest BCUT2D eigenvalue weighted by Gasteiger charge is 2.12. The second-order valence-electron chi connectivity index (χ2n) is 4.34. The molecule has 0 bridgehead atoms. The summed E-state index contributed by atoms with van der Waals surface area (Å²) in [6.07, 6.45) is 3.74. The lowest BCUT2D eigenvalue weighted by molar-refractivity contribution is 0.102. The second-order valence-corrected chi connectivity index (χ2v) is 4.34. The first-order chi connectivity index (χ1) is 9.13. The molecule has 1 amide bonds. The molecule has 19 heavy (non-hydrogen) atoms. The Bertz CT molecular complexity index is 659. The number of benzene rings is 1. The van der Waals surface area contributed by atoms with E-state index in [-0.39, 0.29) is 16.9 Å². The standard InChI is InChI=1S/C15H16N2O2/c1-3-11-6-4-5-10(2)14(11)17-15(19)12-9-16-8-7-13(12)18/h4-9H,3H2,1-2H3,(H,16,18)(H,17,19). The minimum Gasteiger partial charge on any atom is -0.367 e. The van der Waals surface area contributed by atoms with Crippen LogP contribution in [0.2, 0.25) is 0 Å². The number of aromatic nitrogens is 1. The van der Waals surface area contributed by atoms with Gasteiger partial charge in [-0.3, -0.25) is 9.59 Å². The molecule has 4 heteroatoms. The van der Waals surface area contributed by atoms with Gasteiger partial charge >= 0.3 is 0 Å². The third-order valence-corrected chi connectivity index (χ3v) is 3.05. The van der Waals surface area contributed by atoms with Gasteiger partial charge < -0.3 is 10.3 Å². The van der Waals surface area contributed by atoms with Crippen LogP contribution in [0, 0.1) is 6.92 Å². The van der Waals surface area contributed by atoms with Gasteiger partial charge in [-0.05, 0) is 24.5 Å². The highest BCUT2D eigenvalue weighted by molar-refractivity contribution is 6.04. The summed E-state index contributed by atoms with van der Waals surface area (Å²) in [5.74, 6) is -0.383. The predicted octanol–water partition coefficient (Wildman–Crippen LogP) is 2.50. The largest absolute Gasteiger partial charge is 0.367 e. The number of pyridine rings is 1. The molecular weight excluding hydrogens is 240 g/mol. The zero-order valence-corrected chi connectivity index (χ0v) is 11.0. The Morgan fingerprint density at radius 3 is 2.79 bits per heavy atom.